The molecule has 0 aliphatic carbocycles. The van der Waals surface area contributed by atoms with Crippen molar-refractivity contribution in [1.29, 1.82) is 0 Å². The van der Waals surface area contributed by atoms with Gasteiger partial charge in [0.1, 0.15) is 5.76 Å². The van der Waals surface area contributed by atoms with Gasteiger partial charge in [-0.15, -0.1) is 0 Å². The van der Waals surface area contributed by atoms with Crippen molar-refractivity contribution >= 4 is 11.5 Å². The molecule has 98 valence electrons. The number of ketones is 1. The highest BCUT2D eigenvalue weighted by molar-refractivity contribution is 5.98. The van der Waals surface area contributed by atoms with Gasteiger partial charge in [-0.3, -0.25) is 14.9 Å². The van der Waals surface area contributed by atoms with Crippen LogP contribution in [0.1, 0.15) is 27.2 Å². The first-order valence-corrected chi connectivity index (χ1v) is 5.67. The van der Waals surface area contributed by atoms with E-state index in [0.717, 1.165) is 5.56 Å². The van der Waals surface area contributed by atoms with E-state index in [0.29, 0.717) is 16.9 Å². The first-order valence-electron chi connectivity index (χ1n) is 5.67. The van der Waals surface area contributed by atoms with Crippen molar-refractivity contribution in [2.75, 3.05) is 0 Å². The van der Waals surface area contributed by atoms with Crippen LogP contribution in [0.3, 0.4) is 0 Å². The highest BCUT2D eigenvalue weighted by Gasteiger charge is 2.16. The number of hydrogen-bond donors (Lipinski definition) is 0. The van der Waals surface area contributed by atoms with Crippen molar-refractivity contribution in [2.45, 2.75) is 20.3 Å². The van der Waals surface area contributed by atoms with Crippen molar-refractivity contribution < 1.29 is 14.2 Å². The van der Waals surface area contributed by atoms with Crippen LogP contribution in [0.15, 0.2) is 28.9 Å². The average molecular weight is 260 g/mol. The van der Waals surface area contributed by atoms with E-state index in [-0.39, 0.29) is 17.9 Å². The van der Waals surface area contributed by atoms with Crippen molar-refractivity contribution in [1.82, 2.24) is 5.16 Å². The van der Waals surface area contributed by atoms with Gasteiger partial charge in [-0.1, -0.05) is 11.2 Å². The predicted molar refractivity (Wildman–Crippen MR) is 67.1 cm³/mol. The zero-order chi connectivity index (χ0) is 14.0. The van der Waals surface area contributed by atoms with E-state index in [4.69, 9.17) is 4.52 Å². The number of carbonyl (C=O) groups excluding carboxylic acids is 1. The molecule has 6 heteroatoms. The molecule has 2 aromatic rings. The molecule has 0 fully saturated rings. The van der Waals surface area contributed by atoms with E-state index in [1.165, 1.54) is 18.3 Å². The van der Waals surface area contributed by atoms with Gasteiger partial charge in [-0.2, -0.15) is 0 Å². The highest BCUT2D eigenvalue weighted by atomic mass is 16.6. The number of hydrogen-bond acceptors (Lipinski definition) is 5. The molecule has 0 saturated heterocycles. The van der Waals surface area contributed by atoms with Gasteiger partial charge >= 0.3 is 0 Å². The molecule has 0 radical (unpaired) electrons. The molecular weight excluding hydrogens is 248 g/mol. The molecule has 0 amide bonds. The number of nitrogens with zero attached hydrogens (tertiary/aromatic N) is 2. The smallest absolute Gasteiger partial charge is 0.269 e. The molecular formula is C13H12N2O4. The van der Waals surface area contributed by atoms with Gasteiger partial charge in [0.05, 0.1) is 16.7 Å². The number of carbonyl (C=O) groups is 1. The molecule has 0 aliphatic rings. The lowest BCUT2D eigenvalue weighted by molar-refractivity contribution is -0.384. The van der Waals surface area contributed by atoms with Crippen LogP contribution in [-0.4, -0.2) is 15.9 Å². The number of aromatic nitrogens is 1. The van der Waals surface area contributed by atoms with Gasteiger partial charge in [0.25, 0.3) is 5.69 Å². The molecule has 19 heavy (non-hydrogen) atoms. The normalized spacial score (nSPS) is 10.4. The lowest BCUT2D eigenvalue weighted by atomic mass is 9.99. The summed E-state index contributed by atoms with van der Waals surface area (Å²) in [4.78, 5) is 22.3. The number of benzene rings is 1. The maximum Gasteiger partial charge on any atom is 0.269 e. The molecule has 6 nitrogen and oxygen atoms in total. The summed E-state index contributed by atoms with van der Waals surface area (Å²) < 4.78 is 4.84. The molecule has 0 saturated carbocycles. The third-order valence-electron chi connectivity index (χ3n) is 2.95. The van der Waals surface area contributed by atoms with Gasteiger partial charge in [-0.05, 0) is 25.0 Å². The Balaban J connectivity index is 2.28. The highest BCUT2D eigenvalue weighted by Crippen LogP contribution is 2.19. The SMILES string of the molecule is Cc1ccc([N+](=O)[O-])cc1CC(=O)c1cnoc1C. The molecule has 0 N–H and O–H groups in total. The Hall–Kier alpha value is -2.50. The van der Waals surface area contributed by atoms with E-state index in [1.807, 2.05) is 6.92 Å². The summed E-state index contributed by atoms with van der Waals surface area (Å²) in [6.07, 6.45) is 1.46. The van der Waals surface area contributed by atoms with Gasteiger partial charge in [0.15, 0.2) is 5.78 Å². The van der Waals surface area contributed by atoms with Crippen LogP contribution in [0.4, 0.5) is 5.69 Å². The molecule has 0 atom stereocenters. The van der Waals surface area contributed by atoms with E-state index in [2.05, 4.69) is 5.16 Å². The van der Waals surface area contributed by atoms with Crippen LogP contribution >= 0.6 is 0 Å². The zero-order valence-corrected chi connectivity index (χ0v) is 10.5. The van der Waals surface area contributed by atoms with E-state index in [9.17, 15) is 14.9 Å². The number of nitro benzene ring substituents is 1. The summed E-state index contributed by atoms with van der Waals surface area (Å²) in [7, 11) is 0. The minimum absolute atomic E-state index is 0.0181. The van der Waals surface area contributed by atoms with Gasteiger partial charge in [-0.25, -0.2) is 0 Å². The Morgan fingerprint density at radius 2 is 2.16 bits per heavy atom. The van der Waals surface area contributed by atoms with Crippen LogP contribution in [0, 0.1) is 24.0 Å². The number of aryl methyl sites for hydroxylation is 2. The summed E-state index contributed by atoms with van der Waals surface area (Å²) >= 11 is 0. The molecule has 2 rings (SSSR count). The molecule has 0 spiro atoms. The fourth-order valence-electron chi connectivity index (χ4n) is 1.80. The lowest BCUT2D eigenvalue weighted by Crippen LogP contribution is -2.05. The van der Waals surface area contributed by atoms with Crippen molar-refractivity contribution in [3.8, 4) is 0 Å². The fourth-order valence-corrected chi connectivity index (χ4v) is 1.80. The van der Waals surface area contributed by atoms with Crippen molar-refractivity contribution in [3.63, 3.8) is 0 Å². The Bertz CT molecular complexity index is 646. The van der Waals surface area contributed by atoms with Gasteiger partial charge in [0, 0.05) is 18.6 Å². The minimum atomic E-state index is -0.474. The maximum absolute atomic E-state index is 12.1. The third-order valence-corrected chi connectivity index (χ3v) is 2.95. The number of non-ortho nitro benzene ring substituents is 1. The third kappa shape index (κ3) is 2.67. The zero-order valence-electron chi connectivity index (χ0n) is 10.5. The van der Waals surface area contributed by atoms with Gasteiger partial charge < -0.3 is 4.52 Å². The topological polar surface area (TPSA) is 86.2 Å². The van der Waals surface area contributed by atoms with Gasteiger partial charge in [0.2, 0.25) is 0 Å². The van der Waals surface area contributed by atoms with Crippen LogP contribution in [0.5, 0.6) is 0 Å². The van der Waals surface area contributed by atoms with E-state index in [1.54, 1.807) is 13.0 Å². The van der Waals surface area contributed by atoms with E-state index >= 15 is 0 Å². The van der Waals surface area contributed by atoms with Crippen LogP contribution in [-0.2, 0) is 6.42 Å². The second-order valence-electron chi connectivity index (χ2n) is 4.26. The molecule has 1 heterocycles. The first-order chi connectivity index (χ1) is 8.99. The number of rotatable bonds is 4. The lowest BCUT2D eigenvalue weighted by Gasteiger charge is -2.04. The Morgan fingerprint density at radius 1 is 1.42 bits per heavy atom. The largest absolute Gasteiger partial charge is 0.361 e. The molecule has 0 unspecified atom stereocenters. The van der Waals surface area contributed by atoms with Crippen molar-refractivity contribution in [2.24, 2.45) is 0 Å². The Morgan fingerprint density at radius 3 is 2.74 bits per heavy atom. The van der Waals surface area contributed by atoms with Crippen LogP contribution < -0.4 is 0 Å². The molecule has 0 aliphatic heterocycles. The summed E-state index contributed by atoms with van der Waals surface area (Å²) in [6.45, 7) is 3.47. The fraction of sp³-hybridized carbons (Fsp3) is 0.231. The molecule has 1 aromatic carbocycles. The second-order valence-corrected chi connectivity index (χ2v) is 4.26. The first kappa shape index (κ1) is 12.9. The van der Waals surface area contributed by atoms with Crippen molar-refractivity contribution in [3.05, 3.63) is 57.0 Å². The number of nitro groups is 1. The molecule has 0 bridgehead atoms. The van der Waals surface area contributed by atoms with Crippen LogP contribution in [0.2, 0.25) is 0 Å². The predicted octanol–water partition coefficient (Wildman–Crippen LogP) is 2.63. The Kier molecular flexibility index (Phi) is 3.41. The summed E-state index contributed by atoms with van der Waals surface area (Å²) in [5, 5.41) is 14.3. The van der Waals surface area contributed by atoms with E-state index < -0.39 is 4.92 Å². The number of Topliss-reactive ketones (excluding diaryl/α,β-unsaturated/α-hetero) is 1. The summed E-state index contributed by atoms with van der Waals surface area (Å²) in [5.41, 5.74) is 1.87. The van der Waals surface area contributed by atoms with Crippen LogP contribution in [0.25, 0.3) is 0 Å². The standard InChI is InChI=1S/C13H12N2O4/c1-8-3-4-11(15(17)18)5-10(8)6-13(16)12-7-14-19-9(12)2/h3-5,7H,6H2,1-2H3. The molecule has 1 aromatic heterocycles. The minimum Gasteiger partial charge on any atom is -0.361 e. The maximum atomic E-state index is 12.1. The quantitative estimate of drug-likeness (QED) is 0.479. The average Bonchev–Trinajstić information content (AvgIpc) is 2.78. The second kappa shape index (κ2) is 5.01. The summed E-state index contributed by atoms with van der Waals surface area (Å²) in [5.74, 6) is 0.287. The summed E-state index contributed by atoms with van der Waals surface area (Å²) in [6, 6.07) is 4.49. The monoisotopic (exact) mass is 260 g/mol. The Labute approximate surface area is 109 Å².